The number of hydrogen-bond acceptors (Lipinski definition) is 5. The van der Waals surface area contributed by atoms with Gasteiger partial charge in [0.2, 0.25) is 5.79 Å². The SMILES string of the molecule is [B]CCCCCO[C@@]1(C)O[C@@H]2O[C@]3(C)CCC4[C@H](C)CC[C@@H]([C@H]1C)[C@]42OO3. The van der Waals surface area contributed by atoms with E-state index in [1.165, 1.54) is 6.42 Å². The van der Waals surface area contributed by atoms with Crippen LogP contribution in [-0.2, 0) is 24.0 Å². The normalized spacial score (nSPS) is 51.6. The van der Waals surface area contributed by atoms with Crippen molar-refractivity contribution in [1.82, 2.24) is 0 Å². The highest BCUT2D eigenvalue weighted by molar-refractivity contribution is 6.08. The van der Waals surface area contributed by atoms with Crippen molar-refractivity contribution in [2.24, 2.45) is 23.7 Å². The summed E-state index contributed by atoms with van der Waals surface area (Å²) in [4.78, 5) is 12.1. The van der Waals surface area contributed by atoms with Crippen LogP contribution in [0.4, 0.5) is 0 Å². The fourth-order valence-electron chi connectivity index (χ4n) is 5.93. The number of rotatable bonds is 6. The summed E-state index contributed by atoms with van der Waals surface area (Å²) in [5, 5.41) is 0. The molecule has 5 nitrogen and oxygen atoms in total. The molecule has 5 rings (SSSR count). The van der Waals surface area contributed by atoms with Crippen LogP contribution < -0.4 is 0 Å². The Hall–Kier alpha value is -0.135. The summed E-state index contributed by atoms with van der Waals surface area (Å²) in [7, 11) is 5.60. The second-order valence-electron chi connectivity index (χ2n) is 9.53. The van der Waals surface area contributed by atoms with Crippen LogP contribution in [0.1, 0.15) is 72.6 Å². The summed E-state index contributed by atoms with van der Waals surface area (Å²) >= 11 is 0. The molecule has 4 aliphatic heterocycles. The van der Waals surface area contributed by atoms with Crippen molar-refractivity contribution < 1.29 is 24.0 Å². The first-order valence-electron chi connectivity index (χ1n) is 10.9. The first-order chi connectivity index (χ1) is 12.8. The summed E-state index contributed by atoms with van der Waals surface area (Å²) in [6.45, 7) is 9.30. The van der Waals surface area contributed by atoms with Crippen LogP contribution in [-0.4, -0.2) is 37.9 Å². The molecule has 27 heavy (non-hydrogen) atoms. The van der Waals surface area contributed by atoms with Gasteiger partial charge in [0.25, 0.3) is 0 Å². The van der Waals surface area contributed by atoms with E-state index in [0.29, 0.717) is 24.4 Å². The van der Waals surface area contributed by atoms with Crippen LogP contribution in [0, 0.1) is 23.7 Å². The Bertz CT molecular complexity index is 547. The molecule has 8 atom stereocenters. The Morgan fingerprint density at radius 2 is 1.78 bits per heavy atom. The Labute approximate surface area is 165 Å². The van der Waals surface area contributed by atoms with Crippen LogP contribution >= 0.6 is 0 Å². The Kier molecular flexibility index (Phi) is 5.43. The molecule has 4 heterocycles. The maximum absolute atomic E-state index is 6.58. The van der Waals surface area contributed by atoms with E-state index in [1.54, 1.807) is 0 Å². The molecule has 2 bridgehead atoms. The van der Waals surface area contributed by atoms with E-state index in [0.717, 1.165) is 44.8 Å². The first-order valence-corrected chi connectivity index (χ1v) is 10.9. The van der Waals surface area contributed by atoms with Crippen LogP contribution in [0.25, 0.3) is 0 Å². The lowest BCUT2D eigenvalue weighted by molar-refractivity contribution is -0.585. The van der Waals surface area contributed by atoms with Gasteiger partial charge in [-0.1, -0.05) is 33.0 Å². The van der Waals surface area contributed by atoms with Gasteiger partial charge in [0.1, 0.15) is 0 Å². The largest absolute Gasteiger partial charge is 0.350 e. The fourth-order valence-corrected chi connectivity index (χ4v) is 5.93. The Morgan fingerprint density at radius 1 is 0.963 bits per heavy atom. The molecule has 1 saturated carbocycles. The second kappa shape index (κ2) is 7.28. The first kappa shape index (κ1) is 20.2. The monoisotopic (exact) mass is 378 g/mol. The van der Waals surface area contributed by atoms with Crippen molar-refractivity contribution in [2.75, 3.05) is 6.61 Å². The summed E-state index contributed by atoms with van der Waals surface area (Å²) in [5.41, 5.74) is -0.518. The standard InChI is InChI=1S/C21H35BO5/c1-14-8-9-17-15(2)20(4,23-13-7-5-6-12-22)25-18-21(17)16(14)10-11-19(3,24-18)26-27-21/h14-18H,5-13H2,1-4H3/t14-,15-,16?,17+,18+,19+,20+,21-/m1/s1. The molecule has 0 N–H and O–H groups in total. The molecule has 2 radical (unpaired) electrons. The quantitative estimate of drug-likeness (QED) is 0.391. The third kappa shape index (κ3) is 3.20. The van der Waals surface area contributed by atoms with E-state index < -0.39 is 23.5 Å². The van der Waals surface area contributed by atoms with Gasteiger partial charge >= 0.3 is 0 Å². The molecule has 1 aliphatic carbocycles. The average molecular weight is 378 g/mol. The number of hydrogen-bond donors (Lipinski definition) is 0. The van der Waals surface area contributed by atoms with Gasteiger partial charge < -0.3 is 14.2 Å². The van der Waals surface area contributed by atoms with Gasteiger partial charge in [-0.15, -0.1) is 0 Å². The van der Waals surface area contributed by atoms with Gasteiger partial charge in [-0.05, 0) is 51.4 Å². The fraction of sp³-hybridized carbons (Fsp3) is 1.00. The number of fused-ring (bicyclic) bond motifs is 2. The van der Waals surface area contributed by atoms with E-state index in [9.17, 15) is 0 Å². The molecule has 0 amide bonds. The van der Waals surface area contributed by atoms with Crippen molar-refractivity contribution in [3.63, 3.8) is 0 Å². The molecule has 0 aromatic rings. The van der Waals surface area contributed by atoms with Crippen molar-refractivity contribution in [1.29, 1.82) is 0 Å². The van der Waals surface area contributed by atoms with Crippen molar-refractivity contribution in [3.05, 3.63) is 0 Å². The van der Waals surface area contributed by atoms with Gasteiger partial charge in [-0.3, -0.25) is 0 Å². The van der Waals surface area contributed by atoms with E-state index in [4.69, 9.17) is 31.8 Å². The minimum Gasteiger partial charge on any atom is -0.350 e. The Morgan fingerprint density at radius 3 is 2.56 bits per heavy atom. The highest BCUT2D eigenvalue weighted by Gasteiger charge is 2.71. The average Bonchev–Trinajstić information content (AvgIpc) is 2.86. The zero-order valence-electron chi connectivity index (χ0n) is 17.4. The molecular weight excluding hydrogens is 343 g/mol. The van der Waals surface area contributed by atoms with Gasteiger partial charge in [0, 0.05) is 18.3 Å². The predicted molar refractivity (Wildman–Crippen MR) is 102 cm³/mol. The van der Waals surface area contributed by atoms with Gasteiger partial charge in [-0.25, -0.2) is 9.78 Å². The highest BCUT2D eigenvalue weighted by Crippen LogP contribution is 2.62. The molecule has 0 aromatic heterocycles. The third-order valence-corrected chi connectivity index (χ3v) is 7.78. The summed E-state index contributed by atoms with van der Waals surface area (Å²) in [6.07, 6.45) is 7.61. The van der Waals surface area contributed by atoms with Gasteiger partial charge in [0.05, 0.1) is 14.5 Å². The summed E-state index contributed by atoms with van der Waals surface area (Å²) < 4.78 is 19.3. The van der Waals surface area contributed by atoms with E-state index >= 15 is 0 Å². The van der Waals surface area contributed by atoms with Gasteiger partial charge in [-0.2, -0.15) is 0 Å². The molecule has 1 spiro atoms. The minimum absolute atomic E-state index is 0.202. The smallest absolute Gasteiger partial charge is 0.201 e. The van der Waals surface area contributed by atoms with Crippen molar-refractivity contribution in [2.45, 2.75) is 102 Å². The summed E-state index contributed by atoms with van der Waals surface area (Å²) in [5.74, 6) is 0.0663. The molecule has 0 aromatic carbocycles. The van der Waals surface area contributed by atoms with Crippen LogP contribution in [0.2, 0.25) is 6.32 Å². The van der Waals surface area contributed by atoms with Crippen LogP contribution in [0.3, 0.4) is 0 Å². The second-order valence-corrected chi connectivity index (χ2v) is 9.53. The van der Waals surface area contributed by atoms with E-state index in [-0.39, 0.29) is 5.92 Å². The highest BCUT2D eigenvalue weighted by atomic mass is 17.3. The van der Waals surface area contributed by atoms with E-state index in [2.05, 4.69) is 20.8 Å². The molecule has 1 unspecified atom stereocenters. The molecular formula is C21H35BO5. The molecule has 152 valence electrons. The van der Waals surface area contributed by atoms with Crippen molar-refractivity contribution >= 4 is 7.85 Å². The lowest BCUT2D eigenvalue weighted by atomic mass is 9.57. The lowest BCUT2D eigenvalue weighted by Gasteiger charge is -2.62. The molecule has 5 aliphatic rings. The molecule has 5 fully saturated rings. The maximum Gasteiger partial charge on any atom is 0.201 e. The van der Waals surface area contributed by atoms with Crippen LogP contribution in [0.15, 0.2) is 0 Å². The Balaban J connectivity index is 1.58. The van der Waals surface area contributed by atoms with Crippen LogP contribution in [0.5, 0.6) is 0 Å². The topological polar surface area (TPSA) is 46.2 Å². The van der Waals surface area contributed by atoms with Crippen molar-refractivity contribution in [3.8, 4) is 0 Å². The molecule has 6 heteroatoms. The lowest BCUT2D eigenvalue weighted by Crippen LogP contribution is -2.72. The number of ether oxygens (including phenoxy) is 3. The third-order valence-electron chi connectivity index (χ3n) is 7.78. The predicted octanol–water partition coefficient (Wildman–Crippen LogP) is 4.36. The number of unbranched alkanes of at least 4 members (excludes halogenated alkanes) is 2. The van der Waals surface area contributed by atoms with E-state index in [1.807, 2.05) is 6.92 Å². The zero-order chi connectivity index (χ0) is 19.3. The van der Waals surface area contributed by atoms with Gasteiger partial charge in [0.15, 0.2) is 17.7 Å². The zero-order valence-corrected chi connectivity index (χ0v) is 17.4. The maximum atomic E-state index is 6.58. The molecule has 4 saturated heterocycles. The summed E-state index contributed by atoms with van der Waals surface area (Å²) in [6, 6.07) is 0. The minimum atomic E-state index is -0.736.